The van der Waals surface area contributed by atoms with Gasteiger partial charge in [-0.05, 0) is 24.6 Å². The van der Waals surface area contributed by atoms with Crippen molar-refractivity contribution in [3.63, 3.8) is 0 Å². The van der Waals surface area contributed by atoms with Gasteiger partial charge >= 0.3 is 0 Å². The number of ether oxygens (including phenoxy) is 1. The standard InChI is InChI=1S/C23H21N3O2S2/c1-2-28-20-11-7-6-10-19(20)22-25-17(15-29-22)13-21(27)26-23-24-14-18(30-23)12-16-8-4-3-5-9-16/h3-11,14-15H,2,12-13H2,1H3,(H,24,26,27). The van der Waals surface area contributed by atoms with E-state index in [9.17, 15) is 4.79 Å². The molecule has 30 heavy (non-hydrogen) atoms. The normalized spacial score (nSPS) is 10.7. The van der Waals surface area contributed by atoms with Crippen molar-refractivity contribution < 1.29 is 9.53 Å². The molecule has 2 aromatic heterocycles. The van der Waals surface area contributed by atoms with Crippen LogP contribution in [0.5, 0.6) is 5.75 Å². The summed E-state index contributed by atoms with van der Waals surface area (Å²) < 4.78 is 5.69. The third-order valence-electron chi connectivity index (χ3n) is 4.33. The Labute approximate surface area is 183 Å². The van der Waals surface area contributed by atoms with Gasteiger partial charge in [0.25, 0.3) is 0 Å². The van der Waals surface area contributed by atoms with Crippen LogP contribution < -0.4 is 10.1 Å². The lowest BCUT2D eigenvalue weighted by Crippen LogP contribution is -2.14. The van der Waals surface area contributed by atoms with Gasteiger partial charge < -0.3 is 10.1 Å². The first kappa shape index (κ1) is 20.3. The molecule has 0 bridgehead atoms. The van der Waals surface area contributed by atoms with Crippen LogP contribution in [0.15, 0.2) is 66.2 Å². The maximum absolute atomic E-state index is 12.5. The number of anilines is 1. The van der Waals surface area contributed by atoms with Crippen LogP contribution in [-0.4, -0.2) is 22.5 Å². The minimum absolute atomic E-state index is 0.120. The molecule has 4 aromatic rings. The Kier molecular flexibility index (Phi) is 6.51. The summed E-state index contributed by atoms with van der Waals surface area (Å²) in [7, 11) is 0. The summed E-state index contributed by atoms with van der Waals surface area (Å²) in [5, 5.41) is 6.27. The van der Waals surface area contributed by atoms with Crippen LogP contribution in [-0.2, 0) is 17.6 Å². The van der Waals surface area contributed by atoms with Crippen LogP contribution in [0.2, 0.25) is 0 Å². The van der Waals surface area contributed by atoms with Gasteiger partial charge in [0.05, 0.1) is 24.3 Å². The number of nitrogens with one attached hydrogen (secondary N) is 1. The number of amides is 1. The van der Waals surface area contributed by atoms with Gasteiger partial charge in [0.15, 0.2) is 5.13 Å². The van der Waals surface area contributed by atoms with Crippen molar-refractivity contribution >= 4 is 33.7 Å². The van der Waals surface area contributed by atoms with E-state index in [0.717, 1.165) is 33.3 Å². The number of thiazole rings is 2. The Morgan fingerprint density at radius 2 is 1.90 bits per heavy atom. The number of hydrogen-bond acceptors (Lipinski definition) is 6. The molecule has 1 amide bonds. The molecule has 1 N–H and O–H groups in total. The van der Waals surface area contributed by atoms with Crippen LogP contribution >= 0.6 is 22.7 Å². The monoisotopic (exact) mass is 435 g/mol. The SMILES string of the molecule is CCOc1ccccc1-c1nc(CC(=O)Nc2ncc(Cc3ccccc3)s2)cs1. The number of carbonyl (C=O) groups is 1. The summed E-state index contributed by atoms with van der Waals surface area (Å²) >= 11 is 3.01. The Bertz CT molecular complexity index is 1120. The molecule has 0 radical (unpaired) electrons. The van der Waals surface area contributed by atoms with Crippen LogP contribution in [0.25, 0.3) is 10.6 Å². The van der Waals surface area contributed by atoms with Crippen molar-refractivity contribution in [3.05, 3.63) is 82.3 Å². The van der Waals surface area contributed by atoms with Crippen LogP contribution in [0.1, 0.15) is 23.1 Å². The van der Waals surface area contributed by atoms with E-state index in [2.05, 4.69) is 27.4 Å². The molecule has 4 rings (SSSR count). The summed E-state index contributed by atoms with van der Waals surface area (Å²) in [6.45, 7) is 2.55. The van der Waals surface area contributed by atoms with Crippen LogP contribution in [0.4, 0.5) is 5.13 Å². The number of aromatic nitrogens is 2. The average Bonchev–Trinajstić information content (AvgIpc) is 3.39. The number of benzene rings is 2. The molecule has 0 saturated heterocycles. The Balaban J connectivity index is 1.37. The predicted molar refractivity (Wildman–Crippen MR) is 122 cm³/mol. The molecule has 0 aliphatic carbocycles. The zero-order valence-electron chi connectivity index (χ0n) is 16.5. The van der Waals surface area contributed by atoms with Gasteiger partial charge in [-0.15, -0.1) is 22.7 Å². The van der Waals surface area contributed by atoms with Crippen LogP contribution in [0, 0.1) is 0 Å². The van der Waals surface area contributed by atoms with Gasteiger partial charge in [0.1, 0.15) is 10.8 Å². The molecular weight excluding hydrogens is 414 g/mol. The fraction of sp³-hybridized carbons (Fsp3) is 0.174. The van der Waals surface area contributed by atoms with Gasteiger partial charge in [-0.1, -0.05) is 42.5 Å². The molecule has 0 aliphatic heterocycles. The van der Waals surface area contributed by atoms with E-state index in [0.29, 0.717) is 11.7 Å². The summed E-state index contributed by atoms with van der Waals surface area (Å²) in [6, 6.07) is 18.0. The fourth-order valence-corrected chi connectivity index (χ4v) is 4.72. The lowest BCUT2D eigenvalue weighted by Gasteiger charge is -2.07. The summed E-state index contributed by atoms with van der Waals surface area (Å²) in [5.74, 6) is 0.685. The fourth-order valence-electron chi connectivity index (χ4n) is 3.01. The highest BCUT2D eigenvalue weighted by atomic mass is 32.1. The third-order valence-corrected chi connectivity index (χ3v) is 6.17. The number of para-hydroxylation sites is 1. The molecule has 0 spiro atoms. The second-order valence-electron chi connectivity index (χ2n) is 6.59. The second kappa shape index (κ2) is 9.65. The summed E-state index contributed by atoms with van der Waals surface area (Å²) in [6.07, 6.45) is 2.84. The first-order chi connectivity index (χ1) is 14.7. The van der Waals surface area contributed by atoms with Crippen molar-refractivity contribution in [2.45, 2.75) is 19.8 Å². The Morgan fingerprint density at radius 3 is 2.73 bits per heavy atom. The molecule has 0 saturated carbocycles. The second-order valence-corrected chi connectivity index (χ2v) is 8.57. The maximum atomic E-state index is 12.5. The highest BCUT2D eigenvalue weighted by Gasteiger charge is 2.13. The molecule has 2 heterocycles. The molecular formula is C23H21N3O2S2. The quantitative estimate of drug-likeness (QED) is 0.400. The molecule has 0 atom stereocenters. The number of nitrogens with zero attached hydrogens (tertiary/aromatic N) is 2. The number of rotatable bonds is 8. The van der Waals surface area contributed by atoms with Crippen molar-refractivity contribution in [1.82, 2.24) is 9.97 Å². The third kappa shape index (κ3) is 5.11. The first-order valence-electron chi connectivity index (χ1n) is 9.66. The lowest BCUT2D eigenvalue weighted by molar-refractivity contribution is -0.115. The van der Waals surface area contributed by atoms with Crippen molar-refractivity contribution in [1.29, 1.82) is 0 Å². The van der Waals surface area contributed by atoms with E-state index in [1.165, 1.54) is 28.2 Å². The minimum Gasteiger partial charge on any atom is -0.493 e. The predicted octanol–water partition coefficient (Wildman–Crippen LogP) is 5.44. The zero-order chi connectivity index (χ0) is 20.8. The van der Waals surface area contributed by atoms with Gasteiger partial charge in [-0.25, -0.2) is 9.97 Å². The smallest absolute Gasteiger partial charge is 0.232 e. The minimum atomic E-state index is -0.120. The van der Waals surface area contributed by atoms with E-state index in [1.54, 1.807) is 0 Å². The summed E-state index contributed by atoms with van der Waals surface area (Å²) in [5.41, 5.74) is 2.91. The molecule has 5 nitrogen and oxygen atoms in total. The molecule has 7 heteroatoms. The van der Waals surface area contributed by atoms with Gasteiger partial charge in [-0.3, -0.25) is 4.79 Å². The number of hydrogen-bond donors (Lipinski definition) is 1. The maximum Gasteiger partial charge on any atom is 0.232 e. The van der Waals surface area contributed by atoms with E-state index >= 15 is 0 Å². The zero-order valence-corrected chi connectivity index (χ0v) is 18.1. The highest BCUT2D eigenvalue weighted by Crippen LogP contribution is 2.32. The van der Waals surface area contributed by atoms with E-state index in [-0.39, 0.29) is 12.3 Å². The van der Waals surface area contributed by atoms with Gasteiger partial charge in [0.2, 0.25) is 5.91 Å². The lowest BCUT2D eigenvalue weighted by atomic mass is 10.1. The van der Waals surface area contributed by atoms with E-state index in [4.69, 9.17) is 4.74 Å². The summed E-state index contributed by atoms with van der Waals surface area (Å²) in [4.78, 5) is 22.5. The largest absolute Gasteiger partial charge is 0.493 e. The van der Waals surface area contributed by atoms with Crippen LogP contribution in [0.3, 0.4) is 0 Å². The van der Waals surface area contributed by atoms with E-state index in [1.807, 2.05) is 61.0 Å². The molecule has 2 aromatic carbocycles. The van der Waals surface area contributed by atoms with Gasteiger partial charge in [0, 0.05) is 22.9 Å². The molecule has 0 fully saturated rings. The van der Waals surface area contributed by atoms with Crippen molar-refractivity contribution in [2.75, 3.05) is 11.9 Å². The molecule has 0 unspecified atom stereocenters. The number of carbonyl (C=O) groups excluding carboxylic acids is 1. The molecule has 0 aliphatic rings. The average molecular weight is 436 g/mol. The van der Waals surface area contributed by atoms with E-state index < -0.39 is 0 Å². The van der Waals surface area contributed by atoms with Crippen molar-refractivity contribution in [2.24, 2.45) is 0 Å². The van der Waals surface area contributed by atoms with Crippen molar-refractivity contribution in [3.8, 4) is 16.3 Å². The Morgan fingerprint density at radius 1 is 1.10 bits per heavy atom. The molecule has 152 valence electrons. The van der Waals surface area contributed by atoms with Gasteiger partial charge in [-0.2, -0.15) is 0 Å². The highest BCUT2D eigenvalue weighted by molar-refractivity contribution is 7.15. The topological polar surface area (TPSA) is 64.1 Å². The first-order valence-corrected chi connectivity index (χ1v) is 11.4. The Hall–Kier alpha value is -3.03.